The topological polar surface area (TPSA) is 29.4 Å². The molecule has 0 aromatic carbocycles. The van der Waals surface area contributed by atoms with Crippen LogP contribution in [0.25, 0.3) is 0 Å². The van der Waals surface area contributed by atoms with Gasteiger partial charge in [-0.2, -0.15) is 4.91 Å². The first kappa shape index (κ1) is 6.08. The first-order valence-corrected chi connectivity index (χ1v) is 3.80. The summed E-state index contributed by atoms with van der Waals surface area (Å²) in [4.78, 5) is 10.0. The summed E-state index contributed by atoms with van der Waals surface area (Å²) < 4.78 is 0. The van der Waals surface area contributed by atoms with Crippen molar-refractivity contribution in [2.24, 2.45) is 17.0 Å². The van der Waals surface area contributed by atoms with Gasteiger partial charge in [0, 0.05) is 0 Å². The molecule has 2 saturated carbocycles. The summed E-state index contributed by atoms with van der Waals surface area (Å²) in [6.07, 6.45) is 3.34. The van der Waals surface area contributed by atoms with Gasteiger partial charge in [-0.3, -0.25) is 0 Å². The molecule has 0 spiro atoms. The largest absolute Gasteiger partial charge is 0.151 e. The van der Waals surface area contributed by atoms with Crippen molar-refractivity contribution in [3.05, 3.63) is 17.1 Å². The number of nitroso groups, excluding NO2 is 1. The number of hydrogen-bond donors (Lipinski definition) is 0. The molecule has 0 heterocycles. The van der Waals surface area contributed by atoms with E-state index < -0.39 is 0 Å². The molecule has 0 aromatic heterocycles. The van der Waals surface area contributed by atoms with E-state index in [1.165, 1.54) is 5.57 Å². The van der Waals surface area contributed by atoms with Crippen LogP contribution in [0.15, 0.2) is 17.3 Å². The van der Waals surface area contributed by atoms with Crippen LogP contribution in [0.3, 0.4) is 0 Å². The van der Waals surface area contributed by atoms with Crippen LogP contribution in [0.5, 0.6) is 0 Å². The standard InChI is InChI=1S/C8H11NO/c1-5-2-6(3-5)7-4-8(7)9-10/h6-8H,1-4H2. The van der Waals surface area contributed by atoms with Gasteiger partial charge in [0.15, 0.2) is 0 Å². The van der Waals surface area contributed by atoms with E-state index in [-0.39, 0.29) is 6.04 Å². The highest BCUT2D eigenvalue weighted by atomic mass is 16.3. The van der Waals surface area contributed by atoms with Crippen LogP contribution in [0.2, 0.25) is 0 Å². The maximum atomic E-state index is 10.0. The quantitative estimate of drug-likeness (QED) is 0.423. The van der Waals surface area contributed by atoms with E-state index in [1.54, 1.807) is 0 Å². The Bertz CT molecular complexity index is 180. The van der Waals surface area contributed by atoms with Crippen LogP contribution in [-0.4, -0.2) is 6.04 Å². The maximum absolute atomic E-state index is 10.0. The molecule has 2 fully saturated rings. The molecular weight excluding hydrogens is 126 g/mol. The molecule has 0 saturated heterocycles. The molecule has 2 atom stereocenters. The van der Waals surface area contributed by atoms with Crippen LogP contribution in [0.4, 0.5) is 0 Å². The maximum Gasteiger partial charge on any atom is 0.0955 e. The molecule has 2 unspecified atom stereocenters. The summed E-state index contributed by atoms with van der Waals surface area (Å²) in [5, 5.41) is 3.03. The van der Waals surface area contributed by atoms with Gasteiger partial charge in [-0.05, 0) is 31.1 Å². The van der Waals surface area contributed by atoms with Gasteiger partial charge in [0.05, 0.1) is 6.04 Å². The minimum Gasteiger partial charge on any atom is -0.151 e. The number of hydrogen-bond acceptors (Lipinski definition) is 2. The monoisotopic (exact) mass is 137 g/mol. The second kappa shape index (κ2) is 1.91. The van der Waals surface area contributed by atoms with Crippen LogP contribution >= 0.6 is 0 Å². The molecule has 54 valence electrons. The molecule has 2 aliphatic carbocycles. The fourth-order valence-corrected chi connectivity index (χ4v) is 1.81. The number of rotatable bonds is 2. The van der Waals surface area contributed by atoms with Crippen LogP contribution in [0, 0.1) is 16.7 Å². The predicted molar refractivity (Wildman–Crippen MR) is 39.6 cm³/mol. The van der Waals surface area contributed by atoms with Crippen molar-refractivity contribution < 1.29 is 0 Å². The van der Waals surface area contributed by atoms with Crippen molar-refractivity contribution >= 4 is 0 Å². The lowest BCUT2D eigenvalue weighted by molar-refractivity contribution is 0.362. The smallest absolute Gasteiger partial charge is 0.0955 e. The van der Waals surface area contributed by atoms with Crippen molar-refractivity contribution in [2.75, 3.05) is 0 Å². The molecular formula is C8H11NO. The number of allylic oxidation sites excluding steroid dienone is 1. The third kappa shape index (κ3) is 0.789. The lowest BCUT2D eigenvalue weighted by Gasteiger charge is -2.27. The predicted octanol–water partition coefficient (Wildman–Crippen LogP) is 2.11. The van der Waals surface area contributed by atoms with Crippen LogP contribution in [-0.2, 0) is 0 Å². The minimum atomic E-state index is 0.165. The van der Waals surface area contributed by atoms with Gasteiger partial charge in [0.25, 0.3) is 0 Å². The van der Waals surface area contributed by atoms with E-state index in [2.05, 4.69) is 11.8 Å². The fraction of sp³-hybridized carbons (Fsp3) is 0.750. The molecule has 2 aliphatic rings. The van der Waals surface area contributed by atoms with Crippen LogP contribution in [0.1, 0.15) is 19.3 Å². The molecule has 2 nitrogen and oxygen atoms in total. The van der Waals surface area contributed by atoms with E-state index in [0.717, 1.165) is 25.2 Å². The molecule has 2 rings (SSSR count). The van der Waals surface area contributed by atoms with E-state index in [0.29, 0.717) is 5.92 Å². The van der Waals surface area contributed by atoms with E-state index >= 15 is 0 Å². The van der Waals surface area contributed by atoms with Gasteiger partial charge in [-0.1, -0.05) is 17.3 Å². The van der Waals surface area contributed by atoms with Gasteiger partial charge in [0.2, 0.25) is 0 Å². The molecule has 2 heteroatoms. The summed E-state index contributed by atoms with van der Waals surface area (Å²) in [5.74, 6) is 1.39. The zero-order chi connectivity index (χ0) is 7.14. The van der Waals surface area contributed by atoms with Crippen molar-refractivity contribution in [3.63, 3.8) is 0 Å². The lowest BCUT2D eigenvalue weighted by atomic mass is 9.78. The Labute approximate surface area is 60.3 Å². The summed E-state index contributed by atoms with van der Waals surface area (Å²) in [6.45, 7) is 3.86. The van der Waals surface area contributed by atoms with Gasteiger partial charge >= 0.3 is 0 Å². The average molecular weight is 137 g/mol. The molecule has 0 N–H and O–H groups in total. The normalized spacial score (nSPS) is 39.0. The summed E-state index contributed by atoms with van der Waals surface area (Å²) >= 11 is 0. The minimum absolute atomic E-state index is 0.165. The van der Waals surface area contributed by atoms with Gasteiger partial charge < -0.3 is 0 Å². The zero-order valence-corrected chi connectivity index (χ0v) is 5.92. The average Bonchev–Trinajstić information content (AvgIpc) is 2.59. The van der Waals surface area contributed by atoms with Crippen molar-refractivity contribution in [1.29, 1.82) is 0 Å². The molecule has 0 amide bonds. The van der Waals surface area contributed by atoms with Crippen molar-refractivity contribution in [1.82, 2.24) is 0 Å². The molecule has 0 bridgehead atoms. The Balaban J connectivity index is 1.83. The lowest BCUT2D eigenvalue weighted by Crippen LogP contribution is -2.17. The Hall–Kier alpha value is -0.660. The zero-order valence-electron chi connectivity index (χ0n) is 5.92. The highest BCUT2D eigenvalue weighted by Crippen LogP contribution is 2.50. The molecule has 0 aromatic rings. The van der Waals surface area contributed by atoms with Crippen molar-refractivity contribution in [2.45, 2.75) is 25.3 Å². The van der Waals surface area contributed by atoms with Gasteiger partial charge in [0.1, 0.15) is 0 Å². The first-order chi connectivity index (χ1) is 4.81. The summed E-state index contributed by atoms with van der Waals surface area (Å²) in [5.41, 5.74) is 1.35. The first-order valence-electron chi connectivity index (χ1n) is 3.80. The van der Waals surface area contributed by atoms with E-state index in [1.807, 2.05) is 0 Å². The highest BCUT2D eigenvalue weighted by Gasteiger charge is 2.47. The van der Waals surface area contributed by atoms with Gasteiger partial charge in [-0.15, -0.1) is 0 Å². The summed E-state index contributed by atoms with van der Waals surface area (Å²) in [7, 11) is 0. The van der Waals surface area contributed by atoms with E-state index in [4.69, 9.17) is 0 Å². The molecule has 0 aliphatic heterocycles. The Morgan fingerprint density at radius 2 is 2.20 bits per heavy atom. The Kier molecular flexibility index (Phi) is 1.16. The second-order valence-corrected chi connectivity index (χ2v) is 3.49. The Morgan fingerprint density at radius 1 is 1.50 bits per heavy atom. The highest BCUT2D eigenvalue weighted by molar-refractivity contribution is 5.14. The third-order valence-corrected chi connectivity index (χ3v) is 2.65. The van der Waals surface area contributed by atoms with Gasteiger partial charge in [-0.25, -0.2) is 0 Å². The summed E-state index contributed by atoms with van der Waals surface area (Å²) in [6, 6.07) is 0.165. The van der Waals surface area contributed by atoms with E-state index in [9.17, 15) is 4.91 Å². The molecule has 10 heavy (non-hydrogen) atoms. The number of nitrogens with zero attached hydrogens (tertiary/aromatic N) is 1. The SMILES string of the molecule is C=C1CC(C2CC2N=O)C1. The fourth-order valence-electron chi connectivity index (χ4n) is 1.81. The van der Waals surface area contributed by atoms with Crippen LogP contribution < -0.4 is 0 Å². The second-order valence-electron chi connectivity index (χ2n) is 3.49. The Morgan fingerprint density at radius 3 is 2.60 bits per heavy atom. The van der Waals surface area contributed by atoms with Crippen molar-refractivity contribution in [3.8, 4) is 0 Å². The third-order valence-electron chi connectivity index (χ3n) is 2.65. The molecule has 0 radical (unpaired) electrons.